The highest BCUT2D eigenvalue weighted by atomic mass is 127. The molecule has 0 saturated carbocycles. The zero-order chi connectivity index (χ0) is 18.6. The number of aliphatic imine (C=N–C) groups is 1. The predicted molar refractivity (Wildman–Crippen MR) is 123 cm³/mol. The van der Waals surface area contributed by atoms with Crippen LogP contribution in [0.3, 0.4) is 0 Å². The van der Waals surface area contributed by atoms with E-state index in [0.717, 1.165) is 51.7 Å². The van der Waals surface area contributed by atoms with Gasteiger partial charge in [-0.1, -0.05) is 51.1 Å². The Kier molecular flexibility index (Phi) is 8.37. The summed E-state index contributed by atoms with van der Waals surface area (Å²) in [5.41, 5.74) is 1.71. The van der Waals surface area contributed by atoms with Crippen LogP contribution in [0.4, 0.5) is 0 Å². The Balaban J connectivity index is 0.00000261. The largest absolute Gasteiger partial charge is 0.373 e. The van der Waals surface area contributed by atoms with Crippen molar-refractivity contribution in [2.45, 2.75) is 45.9 Å². The molecule has 1 aromatic carbocycles. The van der Waals surface area contributed by atoms with E-state index in [0.29, 0.717) is 11.5 Å². The monoisotopic (exact) mass is 486 g/mol. The number of benzene rings is 1. The first kappa shape index (κ1) is 22.4. The third-order valence-electron chi connectivity index (χ3n) is 5.31. The molecule has 2 saturated heterocycles. The second-order valence-electron chi connectivity index (χ2n) is 8.62. The molecule has 2 unspecified atom stereocenters. The molecule has 2 aliphatic heterocycles. The van der Waals surface area contributed by atoms with Crippen molar-refractivity contribution in [1.29, 1.82) is 0 Å². The van der Waals surface area contributed by atoms with E-state index in [1.807, 2.05) is 7.05 Å². The van der Waals surface area contributed by atoms with Crippen LogP contribution in [0.15, 0.2) is 35.3 Å². The zero-order valence-electron chi connectivity index (χ0n) is 17.1. The lowest BCUT2D eigenvalue weighted by molar-refractivity contribution is -0.0502. The molecule has 0 bridgehead atoms. The molecular formula is C21H35IN4O. The van der Waals surface area contributed by atoms with Gasteiger partial charge in [0.1, 0.15) is 0 Å². The number of guanidine groups is 1. The van der Waals surface area contributed by atoms with E-state index in [2.05, 4.69) is 71.2 Å². The van der Waals surface area contributed by atoms with Crippen molar-refractivity contribution in [3.63, 3.8) is 0 Å². The lowest BCUT2D eigenvalue weighted by Crippen LogP contribution is -2.50. The highest BCUT2D eigenvalue weighted by molar-refractivity contribution is 14.0. The van der Waals surface area contributed by atoms with E-state index in [1.54, 1.807) is 0 Å². The minimum absolute atomic E-state index is 0. The number of ether oxygens (including phenoxy) is 1. The number of fused-ring (bicyclic) bond motifs is 1. The van der Waals surface area contributed by atoms with Crippen LogP contribution in [0.1, 0.15) is 32.8 Å². The Morgan fingerprint density at radius 1 is 1.22 bits per heavy atom. The molecule has 2 aliphatic rings. The fourth-order valence-corrected chi connectivity index (χ4v) is 3.83. The van der Waals surface area contributed by atoms with Crippen LogP contribution in [-0.2, 0) is 11.3 Å². The van der Waals surface area contributed by atoms with Crippen LogP contribution in [0.5, 0.6) is 0 Å². The highest BCUT2D eigenvalue weighted by Gasteiger charge is 2.41. The van der Waals surface area contributed by atoms with Crippen LogP contribution in [0.25, 0.3) is 0 Å². The van der Waals surface area contributed by atoms with E-state index < -0.39 is 0 Å². The van der Waals surface area contributed by atoms with Crippen molar-refractivity contribution >= 4 is 29.9 Å². The number of nitrogens with one attached hydrogen (secondary N) is 1. The Bertz CT molecular complexity index is 602. The smallest absolute Gasteiger partial charge is 0.193 e. The van der Waals surface area contributed by atoms with E-state index in [9.17, 15) is 0 Å². The molecule has 2 fully saturated rings. The molecule has 5 nitrogen and oxygen atoms in total. The highest BCUT2D eigenvalue weighted by Crippen LogP contribution is 2.25. The number of likely N-dealkylation sites (tertiary alicyclic amines) is 1. The lowest BCUT2D eigenvalue weighted by Gasteiger charge is -2.36. The van der Waals surface area contributed by atoms with E-state index in [4.69, 9.17) is 4.74 Å². The maximum atomic E-state index is 6.09. The Morgan fingerprint density at radius 2 is 1.96 bits per heavy atom. The number of halogens is 1. The second kappa shape index (κ2) is 10.1. The fourth-order valence-electron chi connectivity index (χ4n) is 3.83. The number of rotatable bonds is 4. The molecule has 2 heterocycles. The van der Waals surface area contributed by atoms with E-state index in [1.165, 1.54) is 5.56 Å². The van der Waals surface area contributed by atoms with Gasteiger partial charge in [0, 0.05) is 39.8 Å². The molecule has 0 radical (unpaired) electrons. The van der Waals surface area contributed by atoms with Crippen molar-refractivity contribution in [2.24, 2.45) is 10.4 Å². The molecule has 152 valence electrons. The van der Waals surface area contributed by atoms with Gasteiger partial charge in [-0.05, 0) is 17.4 Å². The van der Waals surface area contributed by atoms with Gasteiger partial charge in [-0.2, -0.15) is 0 Å². The van der Waals surface area contributed by atoms with Crippen LogP contribution >= 0.6 is 24.0 Å². The molecule has 0 amide bonds. The topological polar surface area (TPSA) is 40.1 Å². The number of nitrogens with zero attached hydrogens (tertiary/aromatic N) is 3. The van der Waals surface area contributed by atoms with Gasteiger partial charge in [0.05, 0.1) is 18.8 Å². The normalized spacial score (nSPS) is 23.7. The Hall–Kier alpha value is -0.860. The molecule has 27 heavy (non-hydrogen) atoms. The zero-order valence-corrected chi connectivity index (χ0v) is 19.5. The number of hydrogen-bond acceptors (Lipinski definition) is 3. The van der Waals surface area contributed by atoms with Crippen molar-refractivity contribution in [3.8, 4) is 0 Å². The molecule has 2 atom stereocenters. The van der Waals surface area contributed by atoms with Crippen molar-refractivity contribution in [2.75, 3.05) is 39.8 Å². The summed E-state index contributed by atoms with van der Waals surface area (Å²) in [7, 11) is 1.88. The quantitative estimate of drug-likeness (QED) is 0.403. The first-order chi connectivity index (χ1) is 12.5. The van der Waals surface area contributed by atoms with Crippen molar-refractivity contribution in [3.05, 3.63) is 35.9 Å². The fraction of sp³-hybridized carbons (Fsp3) is 0.667. The average Bonchev–Trinajstić information content (AvgIpc) is 3.04. The maximum Gasteiger partial charge on any atom is 0.193 e. The summed E-state index contributed by atoms with van der Waals surface area (Å²) in [6.07, 6.45) is 1.40. The minimum Gasteiger partial charge on any atom is -0.373 e. The summed E-state index contributed by atoms with van der Waals surface area (Å²) in [6, 6.07) is 11.2. The lowest BCUT2D eigenvalue weighted by atomic mass is 9.92. The standard InChI is InChI=1S/C21H34N4O.HI/c1-21(2,3)10-11-23-20(22-4)25-15-18-19(16-25)26-13-12-24(18)14-17-8-6-5-7-9-17;/h5-9,18-19H,10-16H2,1-4H3,(H,22,23);1H. The summed E-state index contributed by atoms with van der Waals surface area (Å²) < 4.78 is 6.09. The molecule has 1 N–H and O–H groups in total. The minimum atomic E-state index is 0. The van der Waals surface area contributed by atoms with Gasteiger partial charge in [0.15, 0.2) is 5.96 Å². The summed E-state index contributed by atoms with van der Waals surface area (Å²) >= 11 is 0. The third kappa shape index (κ3) is 6.32. The SMILES string of the molecule is CN=C(NCCC(C)(C)C)N1CC2OCCN(Cc3ccccc3)C2C1.I. The Morgan fingerprint density at radius 3 is 2.63 bits per heavy atom. The second-order valence-corrected chi connectivity index (χ2v) is 8.62. The summed E-state index contributed by atoms with van der Waals surface area (Å²) in [6.45, 7) is 12.5. The number of hydrogen-bond donors (Lipinski definition) is 1. The van der Waals surface area contributed by atoms with Gasteiger partial charge in [0.25, 0.3) is 0 Å². The van der Waals surface area contributed by atoms with E-state index >= 15 is 0 Å². The molecule has 0 spiro atoms. The van der Waals surface area contributed by atoms with Crippen molar-refractivity contribution in [1.82, 2.24) is 15.1 Å². The summed E-state index contributed by atoms with van der Waals surface area (Å²) in [5.74, 6) is 1.01. The van der Waals surface area contributed by atoms with Crippen LogP contribution in [0, 0.1) is 5.41 Å². The van der Waals surface area contributed by atoms with Gasteiger partial charge in [-0.25, -0.2) is 0 Å². The molecule has 0 aliphatic carbocycles. The van der Waals surface area contributed by atoms with Gasteiger partial charge < -0.3 is 15.0 Å². The molecular weight excluding hydrogens is 451 g/mol. The van der Waals surface area contributed by atoms with Crippen LogP contribution in [-0.4, -0.2) is 67.7 Å². The number of morpholine rings is 1. The van der Waals surface area contributed by atoms with Crippen LogP contribution in [0.2, 0.25) is 0 Å². The molecule has 3 rings (SSSR count). The van der Waals surface area contributed by atoms with Crippen LogP contribution < -0.4 is 5.32 Å². The van der Waals surface area contributed by atoms with Gasteiger partial charge in [-0.3, -0.25) is 9.89 Å². The maximum absolute atomic E-state index is 6.09. The predicted octanol–water partition coefficient (Wildman–Crippen LogP) is 3.20. The summed E-state index contributed by atoms with van der Waals surface area (Å²) in [4.78, 5) is 9.45. The van der Waals surface area contributed by atoms with Gasteiger partial charge in [0.2, 0.25) is 0 Å². The molecule has 6 heteroatoms. The first-order valence-corrected chi connectivity index (χ1v) is 9.81. The van der Waals surface area contributed by atoms with Gasteiger partial charge >= 0.3 is 0 Å². The third-order valence-corrected chi connectivity index (χ3v) is 5.31. The van der Waals surface area contributed by atoms with E-state index in [-0.39, 0.29) is 30.1 Å². The Labute approximate surface area is 181 Å². The van der Waals surface area contributed by atoms with Gasteiger partial charge in [-0.15, -0.1) is 24.0 Å². The molecule has 1 aromatic rings. The first-order valence-electron chi connectivity index (χ1n) is 9.81. The van der Waals surface area contributed by atoms with Crippen molar-refractivity contribution < 1.29 is 4.74 Å². The average molecular weight is 486 g/mol. The molecule has 0 aromatic heterocycles. The summed E-state index contributed by atoms with van der Waals surface area (Å²) in [5, 5.41) is 3.54.